The third kappa shape index (κ3) is 2.06. The summed E-state index contributed by atoms with van der Waals surface area (Å²) in [7, 11) is 0. The first-order valence-electron chi connectivity index (χ1n) is 3.72. The quantitative estimate of drug-likeness (QED) is 0.685. The smallest absolute Gasteiger partial charge is 0.281 e. The van der Waals surface area contributed by atoms with E-state index in [4.69, 9.17) is 5.73 Å². The Morgan fingerprint density at radius 1 is 1.64 bits per heavy atom. The highest BCUT2D eigenvalue weighted by Gasteiger charge is 2.18. The maximum Gasteiger partial charge on any atom is 0.281 e. The van der Waals surface area contributed by atoms with E-state index >= 15 is 0 Å². The minimum atomic E-state index is -2.74. The molecule has 0 amide bonds. The second-order valence-electron chi connectivity index (χ2n) is 2.52. The second kappa shape index (κ2) is 4.74. The van der Waals surface area contributed by atoms with E-state index in [0.717, 1.165) is 0 Å². The van der Waals surface area contributed by atoms with Crippen molar-refractivity contribution in [3.05, 3.63) is 26.6 Å². The maximum atomic E-state index is 12.4. The number of nitrogens with zero attached hydrogens (tertiary/aromatic N) is 1. The molecule has 0 unspecified atom stereocenters. The summed E-state index contributed by atoms with van der Waals surface area (Å²) in [5.41, 5.74) is 5.40. The Kier molecular flexibility index (Phi) is 3.87. The standard InChI is InChI=1S/C8H7F2IN2O/c9-8(10)7-5(3-14)6(11)4(1-12)2-13-7/h2-3,8H,1,12H2. The average Bonchev–Trinajstić information content (AvgIpc) is 2.17. The Balaban J connectivity index is 3.35. The van der Waals surface area contributed by atoms with Crippen LogP contribution < -0.4 is 5.73 Å². The zero-order chi connectivity index (χ0) is 10.7. The largest absolute Gasteiger partial charge is 0.326 e. The topological polar surface area (TPSA) is 56.0 Å². The lowest BCUT2D eigenvalue weighted by Crippen LogP contribution is -2.07. The van der Waals surface area contributed by atoms with Crippen LogP contribution in [0.5, 0.6) is 0 Å². The van der Waals surface area contributed by atoms with E-state index in [1.165, 1.54) is 6.20 Å². The zero-order valence-corrected chi connectivity index (χ0v) is 9.16. The van der Waals surface area contributed by atoms with Crippen LogP contribution in [0.25, 0.3) is 0 Å². The van der Waals surface area contributed by atoms with E-state index in [1.807, 2.05) is 22.6 Å². The molecule has 0 radical (unpaired) electrons. The van der Waals surface area contributed by atoms with Crippen LogP contribution >= 0.6 is 22.6 Å². The van der Waals surface area contributed by atoms with Crippen LogP contribution in [0.2, 0.25) is 0 Å². The average molecular weight is 312 g/mol. The fourth-order valence-corrected chi connectivity index (χ4v) is 1.75. The van der Waals surface area contributed by atoms with Gasteiger partial charge in [-0.05, 0) is 28.2 Å². The van der Waals surface area contributed by atoms with Crippen molar-refractivity contribution in [2.24, 2.45) is 5.73 Å². The number of nitrogens with two attached hydrogens (primary N) is 1. The number of pyridine rings is 1. The van der Waals surface area contributed by atoms with Crippen LogP contribution in [0.3, 0.4) is 0 Å². The van der Waals surface area contributed by atoms with E-state index in [2.05, 4.69) is 4.98 Å². The summed E-state index contributed by atoms with van der Waals surface area (Å²) in [4.78, 5) is 14.1. The molecular weight excluding hydrogens is 305 g/mol. The van der Waals surface area contributed by atoms with Crippen molar-refractivity contribution in [1.82, 2.24) is 4.98 Å². The predicted molar refractivity (Wildman–Crippen MR) is 55.2 cm³/mol. The van der Waals surface area contributed by atoms with Gasteiger partial charge in [-0.2, -0.15) is 0 Å². The van der Waals surface area contributed by atoms with Gasteiger partial charge in [-0.1, -0.05) is 0 Å². The van der Waals surface area contributed by atoms with E-state index in [0.29, 0.717) is 15.4 Å². The van der Waals surface area contributed by atoms with Crippen LogP contribution in [0.4, 0.5) is 8.78 Å². The Morgan fingerprint density at radius 2 is 2.29 bits per heavy atom. The van der Waals surface area contributed by atoms with Gasteiger partial charge in [0.1, 0.15) is 5.69 Å². The molecule has 14 heavy (non-hydrogen) atoms. The third-order valence-electron chi connectivity index (χ3n) is 1.70. The number of alkyl halides is 2. The summed E-state index contributed by atoms with van der Waals surface area (Å²) >= 11 is 1.82. The van der Waals surface area contributed by atoms with E-state index < -0.39 is 12.1 Å². The Bertz CT molecular complexity index is 357. The highest BCUT2D eigenvalue weighted by molar-refractivity contribution is 14.1. The first-order valence-corrected chi connectivity index (χ1v) is 4.80. The minimum Gasteiger partial charge on any atom is -0.326 e. The molecule has 6 heteroatoms. The molecule has 0 fully saturated rings. The van der Waals surface area contributed by atoms with Gasteiger partial charge >= 0.3 is 0 Å². The van der Waals surface area contributed by atoms with Crippen molar-refractivity contribution in [1.29, 1.82) is 0 Å². The molecule has 0 bridgehead atoms. The van der Waals surface area contributed by atoms with Gasteiger partial charge in [0.05, 0.1) is 5.56 Å². The van der Waals surface area contributed by atoms with Crippen molar-refractivity contribution >= 4 is 28.9 Å². The Hall–Kier alpha value is -0.630. The SMILES string of the molecule is NCc1cnc(C(F)F)c(C=O)c1I. The first kappa shape index (κ1) is 11.4. The summed E-state index contributed by atoms with van der Waals surface area (Å²) in [6, 6.07) is 0. The van der Waals surface area contributed by atoms with Crippen molar-refractivity contribution in [2.75, 3.05) is 0 Å². The molecule has 76 valence electrons. The number of rotatable bonds is 3. The molecule has 3 nitrogen and oxygen atoms in total. The van der Waals surface area contributed by atoms with Gasteiger partial charge in [-0.15, -0.1) is 0 Å². The van der Waals surface area contributed by atoms with E-state index in [-0.39, 0.29) is 12.1 Å². The first-order chi connectivity index (χ1) is 6.61. The van der Waals surface area contributed by atoms with Gasteiger partial charge in [-0.25, -0.2) is 8.78 Å². The van der Waals surface area contributed by atoms with Crippen LogP contribution in [0.15, 0.2) is 6.20 Å². The number of halogens is 3. The Morgan fingerprint density at radius 3 is 2.71 bits per heavy atom. The number of aldehydes is 1. The monoisotopic (exact) mass is 312 g/mol. The number of aromatic nitrogens is 1. The number of carbonyl (C=O) groups excluding carboxylic acids is 1. The summed E-state index contributed by atoms with van der Waals surface area (Å²) in [6.45, 7) is 0.176. The summed E-state index contributed by atoms with van der Waals surface area (Å²) in [6.07, 6.45) is -1.08. The molecule has 0 spiro atoms. The zero-order valence-electron chi connectivity index (χ0n) is 7.01. The predicted octanol–water partition coefficient (Wildman–Crippen LogP) is 1.90. The molecule has 1 aromatic heterocycles. The normalized spacial score (nSPS) is 10.6. The van der Waals surface area contributed by atoms with Crippen molar-refractivity contribution < 1.29 is 13.6 Å². The molecule has 2 N–H and O–H groups in total. The third-order valence-corrected chi connectivity index (χ3v) is 2.97. The highest BCUT2D eigenvalue weighted by atomic mass is 127. The van der Waals surface area contributed by atoms with Crippen LogP contribution in [0, 0.1) is 3.57 Å². The fourth-order valence-electron chi connectivity index (χ4n) is 0.987. The van der Waals surface area contributed by atoms with Gasteiger partial charge in [0.15, 0.2) is 6.29 Å². The maximum absolute atomic E-state index is 12.4. The lowest BCUT2D eigenvalue weighted by molar-refractivity contribution is 0.110. The van der Waals surface area contributed by atoms with Crippen LogP contribution in [-0.4, -0.2) is 11.3 Å². The molecule has 0 aliphatic heterocycles. The van der Waals surface area contributed by atoms with Gasteiger partial charge in [0, 0.05) is 16.3 Å². The number of hydrogen-bond acceptors (Lipinski definition) is 3. The molecule has 0 aliphatic carbocycles. The fraction of sp³-hybridized carbons (Fsp3) is 0.250. The molecule has 0 aromatic carbocycles. The van der Waals surface area contributed by atoms with Crippen molar-refractivity contribution in [3.63, 3.8) is 0 Å². The van der Waals surface area contributed by atoms with Gasteiger partial charge in [-0.3, -0.25) is 9.78 Å². The van der Waals surface area contributed by atoms with E-state index in [1.54, 1.807) is 0 Å². The molecular formula is C8H7F2IN2O. The number of carbonyl (C=O) groups is 1. The summed E-state index contributed by atoms with van der Waals surface area (Å²) in [5.74, 6) is 0. The summed E-state index contributed by atoms with van der Waals surface area (Å²) in [5, 5.41) is 0. The lowest BCUT2D eigenvalue weighted by Gasteiger charge is -2.07. The summed E-state index contributed by atoms with van der Waals surface area (Å²) < 4.78 is 25.2. The van der Waals surface area contributed by atoms with Crippen molar-refractivity contribution in [2.45, 2.75) is 13.0 Å². The molecule has 0 atom stereocenters. The van der Waals surface area contributed by atoms with Gasteiger partial charge in [0.25, 0.3) is 6.43 Å². The number of hydrogen-bond donors (Lipinski definition) is 1. The lowest BCUT2D eigenvalue weighted by atomic mass is 10.1. The highest BCUT2D eigenvalue weighted by Crippen LogP contribution is 2.25. The molecule has 1 aromatic rings. The second-order valence-corrected chi connectivity index (χ2v) is 3.60. The molecule has 0 aliphatic rings. The van der Waals surface area contributed by atoms with Gasteiger partial charge < -0.3 is 5.73 Å². The van der Waals surface area contributed by atoms with Crippen LogP contribution in [-0.2, 0) is 6.54 Å². The van der Waals surface area contributed by atoms with Crippen molar-refractivity contribution in [3.8, 4) is 0 Å². The van der Waals surface area contributed by atoms with E-state index in [9.17, 15) is 13.6 Å². The van der Waals surface area contributed by atoms with Crippen LogP contribution in [0.1, 0.15) is 28.0 Å². The molecule has 1 heterocycles. The molecule has 0 saturated carbocycles. The molecule has 1 rings (SSSR count). The van der Waals surface area contributed by atoms with Gasteiger partial charge in [0.2, 0.25) is 0 Å². The Labute approximate surface area is 92.8 Å². The minimum absolute atomic E-state index is 0.0662. The molecule has 0 saturated heterocycles.